The zero-order chi connectivity index (χ0) is 11.3. The van der Waals surface area contributed by atoms with Gasteiger partial charge in [-0.3, -0.25) is 0 Å². The van der Waals surface area contributed by atoms with Crippen LogP contribution in [0, 0.1) is 6.92 Å². The van der Waals surface area contributed by atoms with Gasteiger partial charge in [-0.05, 0) is 20.8 Å². The number of nitrogens with zero attached hydrogens (tertiary/aromatic N) is 1. The van der Waals surface area contributed by atoms with Crippen LogP contribution in [0.2, 0.25) is 0 Å². The van der Waals surface area contributed by atoms with Gasteiger partial charge in [0, 0.05) is 5.75 Å². The first-order valence-electron chi connectivity index (χ1n) is 4.92. The van der Waals surface area contributed by atoms with E-state index in [1.807, 2.05) is 20.8 Å². The fourth-order valence-corrected chi connectivity index (χ4v) is 1.67. The SMILES string of the molecule is Cc1coc(SCC(O)COC(C)C)n1. The van der Waals surface area contributed by atoms with Crippen molar-refractivity contribution in [1.29, 1.82) is 0 Å². The highest BCUT2D eigenvalue weighted by molar-refractivity contribution is 7.99. The normalized spacial score (nSPS) is 13.4. The number of aryl methyl sites for hydroxylation is 1. The molecule has 4 nitrogen and oxygen atoms in total. The van der Waals surface area contributed by atoms with E-state index in [0.29, 0.717) is 17.6 Å². The van der Waals surface area contributed by atoms with Crippen molar-refractivity contribution in [1.82, 2.24) is 4.98 Å². The second-order valence-electron chi connectivity index (χ2n) is 3.60. The third kappa shape index (κ3) is 5.20. The van der Waals surface area contributed by atoms with E-state index in [1.165, 1.54) is 11.8 Å². The predicted molar refractivity (Wildman–Crippen MR) is 59.1 cm³/mol. The van der Waals surface area contributed by atoms with E-state index >= 15 is 0 Å². The van der Waals surface area contributed by atoms with Gasteiger partial charge < -0.3 is 14.3 Å². The molecule has 1 atom stereocenters. The zero-order valence-electron chi connectivity index (χ0n) is 9.27. The quantitative estimate of drug-likeness (QED) is 0.757. The van der Waals surface area contributed by atoms with E-state index in [4.69, 9.17) is 9.15 Å². The first-order valence-corrected chi connectivity index (χ1v) is 5.91. The van der Waals surface area contributed by atoms with Crippen molar-refractivity contribution in [3.8, 4) is 0 Å². The Morgan fingerprint density at radius 1 is 1.60 bits per heavy atom. The Hall–Kier alpha value is -0.520. The molecule has 0 fully saturated rings. The molecular weight excluding hydrogens is 214 g/mol. The number of aromatic nitrogens is 1. The van der Waals surface area contributed by atoms with Gasteiger partial charge in [0.25, 0.3) is 5.22 Å². The fourth-order valence-electron chi connectivity index (χ4n) is 0.918. The highest BCUT2D eigenvalue weighted by atomic mass is 32.2. The van der Waals surface area contributed by atoms with E-state index < -0.39 is 6.10 Å². The van der Waals surface area contributed by atoms with Crippen LogP contribution < -0.4 is 0 Å². The summed E-state index contributed by atoms with van der Waals surface area (Å²) in [5.74, 6) is 0.534. The van der Waals surface area contributed by atoms with E-state index in [0.717, 1.165) is 5.69 Å². The van der Waals surface area contributed by atoms with Crippen LogP contribution in [0.3, 0.4) is 0 Å². The minimum Gasteiger partial charge on any atom is -0.440 e. The summed E-state index contributed by atoms with van der Waals surface area (Å²) < 4.78 is 10.4. The van der Waals surface area contributed by atoms with Gasteiger partial charge in [0.1, 0.15) is 6.26 Å². The minimum atomic E-state index is -0.482. The molecule has 1 N–H and O–H groups in total. The molecule has 0 amide bonds. The molecule has 0 aliphatic carbocycles. The second kappa shape index (κ2) is 6.15. The molecule has 0 radical (unpaired) electrons. The largest absolute Gasteiger partial charge is 0.440 e. The molecule has 1 unspecified atom stereocenters. The molecule has 0 aliphatic rings. The number of oxazole rings is 1. The van der Waals surface area contributed by atoms with Gasteiger partial charge in [0.15, 0.2) is 0 Å². The molecule has 15 heavy (non-hydrogen) atoms. The van der Waals surface area contributed by atoms with Crippen molar-refractivity contribution in [2.75, 3.05) is 12.4 Å². The van der Waals surface area contributed by atoms with Crippen LogP contribution in [0.1, 0.15) is 19.5 Å². The summed E-state index contributed by atoms with van der Waals surface area (Å²) >= 11 is 1.39. The highest BCUT2D eigenvalue weighted by Gasteiger charge is 2.09. The Labute approximate surface area is 94.0 Å². The third-order valence-electron chi connectivity index (χ3n) is 1.62. The molecule has 0 aliphatic heterocycles. The molecule has 1 heterocycles. The maximum Gasteiger partial charge on any atom is 0.255 e. The lowest BCUT2D eigenvalue weighted by molar-refractivity contribution is 0.0152. The van der Waals surface area contributed by atoms with Gasteiger partial charge in [-0.25, -0.2) is 4.98 Å². The summed E-state index contributed by atoms with van der Waals surface area (Å²) in [5, 5.41) is 10.1. The summed E-state index contributed by atoms with van der Waals surface area (Å²) in [4.78, 5) is 4.12. The fraction of sp³-hybridized carbons (Fsp3) is 0.700. The van der Waals surface area contributed by atoms with Crippen LogP contribution in [0.5, 0.6) is 0 Å². The number of ether oxygens (including phenoxy) is 1. The molecule has 1 aromatic rings. The van der Waals surface area contributed by atoms with Crippen LogP contribution in [0.25, 0.3) is 0 Å². The van der Waals surface area contributed by atoms with Gasteiger partial charge in [-0.15, -0.1) is 0 Å². The van der Waals surface area contributed by atoms with Crippen LogP contribution in [0.15, 0.2) is 15.9 Å². The molecular formula is C10H17NO3S. The number of thioether (sulfide) groups is 1. The van der Waals surface area contributed by atoms with Gasteiger partial charge in [0.2, 0.25) is 0 Å². The average Bonchev–Trinajstić information content (AvgIpc) is 2.58. The van der Waals surface area contributed by atoms with E-state index in [1.54, 1.807) is 6.26 Å². The van der Waals surface area contributed by atoms with E-state index in [9.17, 15) is 5.11 Å². The Bertz CT molecular complexity index is 288. The lowest BCUT2D eigenvalue weighted by Gasteiger charge is -2.11. The summed E-state index contributed by atoms with van der Waals surface area (Å²) in [6.07, 6.45) is 1.26. The van der Waals surface area contributed by atoms with Gasteiger partial charge in [-0.2, -0.15) is 0 Å². The average molecular weight is 231 g/mol. The molecule has 0 saturated heterocycles. The summed E-state index contributed by atoms with van der Waals surface area (Å²) in [6, 6.07) is 0. The molecule has 86 valence electrons. The van der Waals surface area contributed by atoms with Crippen molar-refractivity contribution >= 4 is 11.8 Å². The smallest absolute Gasteiger partial charge is 0.255 e. The topological polar surface area (TPSA) is 55.5 Å². The lowest BCUT2D eigenvalue weighted by Crippen LogP contribution is -2.20. The van der Waals surface area contributed by atoms with Crippen molar-refractivity contribution in [2.24, 2.45) is 0 Å². The lowest BCUT2D eigenvalue weighted by atomic mass is 10.4. The van der Waals surface area contributed by atoms with Gasteiger partial charge >= 0.3 is 0 Å². The first kappa shape index (κ1) is 12.5. The molecule has 0 spiro atoms. The number of hydrogen-bond donors (Lipinski definition) is 1. The van der Waals surface area contributed by atoms with Crippen LogP contribution in [0.4, 0.5) is 0 Å². The first-order chi connectivity index (χ1) is 7.08. The standard InChI is InChI=1S/C10H17NO3S/c1-7(2)13-5-9(12)6-15-10-11-8(3)4-14-10/h4,7,9,12H,5-6H2,1-3H3. The Morgan fingerprint density at radius 3 is 2.87 bits per heavy atom. The van der Waals surface area contributed by atoms with E-state index in [-0.39, 0.29) is 6.10 Å². The van der Waals surface area contributed by atoms with Crippen LogP contribution in [-0.2, 0) is 4.74 Å². The number of aliphatic hydroxyl groups excluding tert-OH is 1. The second-order valence-corrected chi connectivity index (χ2v) is 4.57. The molecule has 5 heteroatoms. The molecule has 1 aromatic heterocycles. The third-order valence-corrected chi connectivity index (χ3v) is 2.60. The number of hydrogen-bond acceptors (Lipinski definition) is 5. The number of aliphatic hydroxyl groups is 1. The highest BCUT2D eigenvalue weighted by Crippen LogP contribution is 2.17. The molecule has 1 rings (SSSR count). The molecule has 0 saturated carbocycles. The summed E-state index contributed by atoms with van der Waals surface area (Å²) in [5.41, 5.74) is 0.852. The Balaban J connectivity index is 2.19. The molecule has 0 aromatic carbocycles. The van der Waals surface area contributed by atoms with E-state index in [2.05, 4.69) is 4.98 Å². The van der Waals surface area contributed by atoms with Crippen molar-refractivity contribution in [2.45, 2.75) is 38.2 Å². The van der Waals surface area contributed by atoms with Crippen LogP contribution in [-0.4, -0.2) is 34.7 Å². The van der Waals surface area contributed by atoms with Crippen LogP contribution >= 0.6 is 11.8 Å². The Kier molecular flexibility index (Phi) is 5.14. The zero-order valence-corrected chi connectivity index (χ0v) is 10.1. The number of rotatable bonds is 6. The maximum atomic E-state index is 9.55. The monoisotopic (exact) mass is 231 g/mol. The van der Waals surface area contributed by atoms with Crippen molar-refractivity contribution in [3.05, 3.63) is 12.0 Å². The molecule has 0 bridgehead atoms. The van der Waals surface area contributed by atoms with Gasteiger partial charge in [0.05, 0.1) is 24.5 Å². The minimum absolute atomic E-state index is 0.147. The summed E-state index contributed by atoms with van der Waals surface area (Å²) in [7, 11) is 0. The van der Waals surface area contributed by atoms with Crippen molar-refractivity contribution in [3.63, 3.8) is 0 Å². The predicted octanol–water partition coefficient (Wildman–Crippen LogP) is 1.86. The maximum absolute atomic E-state index is 9.55. The Morgan fingerprint density at radius 2 is 2.33 bits per heavy atom. The summed E-state index contributed by atoms with van der Waals surface area (Å²) in [6.45, 7) is 6.10. The van der Waals surface area contributed by atoms with Gasteiger partial charge in [-0.1, -0.05) is 11.8 Å². The van der Waals surface area contributed by atoms with Crippen molar-refractivity contribution < 1.29 is 14.3 Å².